The standard InChI is InChI=1S/C15H23NO/c1-14(2)9-15(3,11-16-10-14)12-7-5-6-8-13(12)17-4/h5-8,16H,9-11H2,1-4H3. The van der Waals surface area contributed by atoms with Crippen molar-refractivity contribution in [2.45, 2.75) is 32.6 Å². The first-order valence-electron chi connectivity index (χ1n) is 6.31. The maximum absolute atomic E-state index is 5.50. The van der Waals surface area contributed by atoms with Gasteiger partial charge in [-0.1, -0.05) is 39.0 Å². The van der Waals surface area contributed by atoms with Crippen molar-refractivity contribution in [1.29, 1.82) is 0 Å². The summed E-state index contributed by atoms with van der Waals surface area (Å²) in [6, 6.07) is 8.39. The van der Waals surface area contributed by atoms with Gasteiger partial charge in [-0.25, -0.2) is 0 Å². The van der Waals surface area contributed by atoms with E-state index in [1.807, 2.05) is 6.07 Å². The van der Waals surface area contributed by atoms with Crippen molar-refractivity contribution in [3.05, 3.63) is 29.8 Å². The number of piperidine rings is 1. The van der Waals surface area contributed by atoms with E-state index < -0.39 is 0 Å². The first-order valence-corrected chi connectivity index (χ1v) is 6.31. The highest BCUT2D eigenvalue weighted by atomic mass is 16.5. The molecule has 1 fully saturated rings. The van der Waals surface area contributed by atoms with Crippen molar-refractivity contribution in [1.82, 2.24) is 5.32 Å². The predicted octanol–water partition coefficient (Wildman–Crippen LogP) is 2.97. The Morgan fingerprint density at radius 2 is 1.82 bits per heavy atom. The average Bonchev–Trinajstić information content (AvgIpc) is 2.27. The molecule has 2 rings (SSSR count). The van der Waals surface area contributed by atoms with Crippen LogP contribution in [0.2, 0.25) is 0 Å². The lowest BCUT2D eigenvalue weighted by Gasteiger charge is -2.44. The molecule has 0 aliphatic carbocycles. The van der Waals surface area contributed by atoms with E-state index in [1.165, 1.54) is 12.0 Å². The van der Waals surface area contributed by atoms with Gasteiger partial charge >= 0.3 is 0 Å². The number of benzene rings is 1. The Kier molecular flexibility index (Phi) is 3.17. The lowest BCUT2D eigenvalue weighted by Crippen LogP contribution is -2.49. The fraction of sp³-hybridized carbons (Fsp3) is 0.600. The van der Waals surface area contributed by atoms with Crippen LogP contribution in [0.4, 0.5) is 0 Å². The van der Waals surface area contributed by atoms with Gasteiger partial charge < -0.3 is 10.1 Å². The van der Waals surface area contributed by atoms with Crippen molar-refractivity contribution in [3.8, 4) is 5.75 Å². The molecule has 0 aromatic heterocycles. The topological polar surface area (TPSA) is 21.3 Å². The summed E-state index contributed by atoms with van der Waals surface area (Å²) in [5.41, 5.74) is 1.82. The van der Waals surface area contributed by atoms with Gasteiger partial charge in [-0.15, -0.1) is 0 Å². The first kappa shape index (κ1) is 12.4. The highest BCUT2D eigenvalue weighted by Crippen LogP contribution is 2.42. The summed E-state index contributed by atoms with van der Waals surface area (Å²) in [5, 5.41) is 3.56. The third kappa shape index (κ3) is 2.47. The molecule has 1 N–H and O–H groups in total. The number of hydrogen-bond acceptors (Lipinski definition) is 2. The molecule has 1 aromatic carbocycles. The number of para-hydroxylation sites is 1. The number of methoxy groups -OCH3 is 1. The Hall–Kier alpha value is -1.02. The third-order valence-electron chi connectivity index (χ3n) is 3.74. The third-order valence-corrected chi connectivity index (χ3v) is 3.74. The largest absolute Gasteiger partial charge is 0.496 e. The van der Waals surface area contributed by atoms with Gasteiger partial charge in [-0.3, -0.25) is 0 Å². The number of ether oxygens (including phenoxy) is 1. The normalized spacial score (nSPS) is 27.8. The second-order valence-corrected chi connectivity index (χ2v) is 6.21. The lowest BCUT2D eigenvalue weighted by atomic mass is 9.67. The molecule has 0 saturated carbocycles. The summed E-state index contributed by atoms with van der Waals surface area (Å²) in [6.07, 6.45) is 1.19. The summed E-state index contributed by atoms with van der Waals surface area (Å²) >= 11 is 0. The van der Waals surface area contributed by atoms with Gasteiger partial charge in [0, 0.05) is 24.1 Å². The van der Waals surface area contributed by atoms with E-state index in [2.05, 4.69) is 44.3 Å². The molecule has 1 aromatic rings. The zero-order valence-corrected chi connectivity index (χ0v) is 11.3. The van der Waals surface area contributed by atoms with Crippen molar-refractivity contribution in [2.24, 2.45) is 5.41 Å². The number of hydrogen-bond donors (Lipinski definition) is 1. The van der Waals surface area contributed by atoms with Crippen LogP contribution in [-0.4, -0.2) is 20.2 Å². The molecule has 1 unspecified atom stereocenters. The molecule has 0 spiro atoms. The maximum Gasteiger partial charge on any atom is 0.122 e. The van der Waals surface area contributed by atoms with Gasteiger partial charge in [0.15, 0.2) is 0 Å². The van der Waals surface area contributed by atoms with E-state index in [4.69, 9.17) is 4.74 Å². The predicted molar refractivity (Wildman–Crippen MR) is 71.6 cm³/mol. The maximum atomic E-state index is 5.50. The van der Waals surface area contributed by atoms with Crippen LogP contribution in [0.25, 0.3) is 0 Å². The van der Waals surface area contributed by atoms with Crippen LogP contribution >= 0.6 is 0 Å². The minimum absolute atomic E-state index is 0.161. The van der Waals surface area contributed by atoms with E-state index in [0.717, 1.165) is 18.8 Å². The van der Waals surface area contributed by atoms with Crippen LogP contribution in [0.5, 0.6) is 5.75 Å². The SMILES string of the molecule is COc1ccccc1C1(C)CNCC(C)(C)C1. The molecule has 2 heteroatoms. The van der Waals surface area contributed by atoms with Crippen LogP contribution in [0.3, 0.4) is 0 Å². The summed E-state index contributed by atoms with van der Waals surface area (Å²) in [7, 11) is 1.75. The molecule has 1 aliphatic heterocycles. The molecule has 0 bridgehead atoms. The van der Waals surface area contributed by atoms with Crippen molar-refractivity contribution in [3.63, 3.8) is 0 Å². The molecule has 1 saturated heterocycles. The Morgan fingerprint density at radius 1 is 1.12 bits per heavy atom. The molecule has 1 atom stereocenters. The van der Waals surface area contributed by atoms with Crippen LogP contribution in [-0.2, 0) is 5.41 Å². The molecule has 0 radical (unpaired) electrons. The fourth-order valence-electron chi connectivity index (χ4n) is 3.19. The number of nitrogens with one attached hydrogen (secondary N) is 1. The van der Waals surface area contributed by atoms with Crippen LogP contribution in [0, 0.1) is 5.41 Å². The molecular formula is C15H23NO. The highest BCUT2D eigenvalue weighted by molar-refractivity contribution is 5.40. The van der Waals surface area contributed by atoms with Gasteiger partial charge in [-0.2, -0.15) is 0 Å². The minimum Gasteiger partial charge on any atom is -0.496 e. The van der Waals surface area contributed by atoms with Gasteiger partial charge in [0.1, 0.15) is 5.75 Å². The second kappa shape index (κ2) is 4.34. The van der Waals surface area contributed by atoms with Gasteiger partial charge in [0.25, 0.3) is 0 Å². The van der Waals surface area contributed by atoms with E-state index in [9.17, 15) is 0 Å². The summed E-state index contributed by atoms with van der Waals surface area (Å²) in [4.78, 5) is 0. The molecule has 0 amide bonds. The Morgan fingerprint density at radius 3 is 2.47 bits per heavy atom. The smallest absolute Gasteiger partial charge is 0.122 e. The number of rotatable bonds is 2. The summed E-state index contributed by atoms with van der Waals surface area (Å²) in [5.74, 6) is 1.01. The first-order chi connectivity index (χ1) is 7.97. The van der Waals surface area contributed by atoms with Crippen molar-refractivity contribution < 1.29 is 4.74 Å². The van der Waals surface area contributed by atoms with E-state index in [-0.39, 0.29) is 5.41 Å². The van der Waals surface area contributed by atoms with Gasteiger partial charge in [-0.05, 0) is 17.9 Å². The Balaban J connectivity index is 2.37. The fourth-order valence-corrected chi connectivity index (χ4v) is 3.19. The lowest BCUT2D eigenvalue weighted by molar-refractivity contribution is 0.177. The van der Waals surface area contributed by atoms with Crippen molar-refractivity contribution >= 4 is 0 Å². The molecule has 2 nitrogen and oxygen atoms in total. The van der Waals surface area contributed by atoms with Crippen LogP contribution in [0.15, 0.2) is 24.3 Å². The van der Waals surface area contributed by atoms with Gasteiger partial charge in [0.2, 0.25) is 0 Å². The average molecular weight is 233 g/mol. The quantitative estimate of drug-likeness (QED) is 0.848. The van der Waals surface area contributed by atoms with E-state index in [0.29, 0.717) is 5.41 Å². The molecule has 94 valence electrons. The minimum atomic E-state index is 0.161. The molecule has 1 heterocycles. The van der Waals surface area contributed by atoms with Crippen LogP contribution in [0.1, 0.15) is 32.8 Å². The molecule has 17 heavy (non-hydrogen) atoms. The Labute approximate surface area is 104 Å². The zero-order chi connectivity index (χ0) is 12.5. The molecule has 1 aliphatic rings. The second-order valence-electron chi connectivity index (χ2n) is 6.21. The zero-order valence-electron chi connectivity index (χ0n) is 11.3. The monoisotopic (exact) mass is 233 g/mol. The van der Waals surface area contributed by atoms with E-state index >= 15 is 0 Å². The summed E-state index contributed by atoms with van der Waals surface area (Å²) < 4.78 is 5.50. The molecular weight excluding hydrogens is 210 g/mol. The van der Waals surface area contributed by atoms with E-state index in [1.54, 1.807) is 7.11 Å². The van der Waals surface area contributed by atoms with Crippen molar-refractivity contribution in [2.75, 3.05) is 20.2 Å². The van der Waals surface area contributed by atoms with Gasteiger partial charge in [0.05, 0.1) is 7.11 Å². The Bertz CT molecular complexity index is 400. The van der Waals surface area contributed by atoms with Crippen LogP contribution < -0.4 is 10.1 Å². The highest BCUT2D eigenvalue weighted by Gasteiger charge is 2.39. The summed E-state index contributed by atoms with van der Waals surface area (Å²) in [6.45, 7) is 9.10.